The van der Waals surface area contributed by atoms with Crippen LogP contribution in [-0.4, -0.2) is 31.7 Å². The standard InChI is InChI=1S/C19H17NO3S2/c21-25(22)18-2-1-14(15-3-5-23-11-15)7-16(18)17-9-20(10-19(17)25)8-13-4-6-24-12-13/h1-7,11-12,17,19H,8-10H2/t17-,19-/m0/s1. The molecule has 0 bridgehead atoms. The fraction of sp³-hybridized carbons (Fsp3) is 0.263. The van der Waals surface area contributed by atoms with Crippen LogP contribution in [0.5, 0.6) is 0 Å². The topological polar surface area (TPSA) is 50.5 Å². The maximum Gasteiger partial charge on any atom is 0.183 e. The van der Waals surface area contributed by atoms with Gasteiger partial charge in [-0.3, -0.25) is 4.90 Å². The zero-order valence-electron chi connectivity index (χ0n) is 13.5. The first-order valence-electron chi connectivity index (χ1n) is 8.27. The summed E-state index contributed by atoms with van der Waals surface area (Å²) in [6.45, 7) is 2.23. The highest BCUT2D eigenvalue weighted by molar-refractivity contribution is 7.92. The highest BCUT2D eigenvalue weighted by Gasteiger charge is 2.50. The van der Waals surface area contributed by atoms with Crippen molar-refractivity contribution in [2.45, 2.75) is 22.6 Å². The fourth-order valence-electron chi connectivity index (χ4n) is 4.10. The summed E-state index contributed by atoms with van der Waals surface area (Å²) in [5.74, 6) is 0.0606. The number of hydrogen-bond donors (Lipinski definition) is 0. The Morgan fingerprint density at radius 2 is 2.08 bits per heavy atom. The van der Waals surface area contributed by atoms with E-state index < -0.39 is 9.84 Å². The molecule has 128 valence electrons. The molecule has 0 amide bonds. The number of rotatable bonds is 3. The summed E-state index contributed by atoms with van der Waals surface area (Å²) < 4.78 is 31.1. The maximum absolute atomic E-state index is 13.0. The predicted octanol–water partition coefficient (Wildman–Crippen LogP) is 3.76. The first-order chi connectivity index (χ1) is 12.1. The molecule has 2 aromatic heterocycles. The molecule has 1 fully saturated rings. The van der Waals surface area contributed by atoms with E-state index in [0.29, 0.717) is 11.4 Å². The van der Waals surface area contributed by atoms with Crippen molar-refractivity contribution in [2.24, 2.45) is 0 Å². The Hall–Kier alpha value is -1.89. The average Bonchev–Trinajstić information content (AvgIpc) is 3.37. The molecule has 4 heterocycles. The summed E-state index contributed by atoms with van der Waals surface area (Å²) in [5, 5.41) is 3.88. The van der Waals surface area contributed by atoms with Crippen molar-refractivity contribution in [3.8, 4) is 11.1 Å². The number of likely N-dealkylation sites (tertiary alicyclic amines) is 1. The molecule has 0 unspecified atom stereocenters. The second-order valence-electron chi connectivity index (χ2n) is 6.78. The van der Waals surface area contributed by atoms with Crippen molar-refractivity contribution in [2.75, 3.05) is 13.1 Å². The van der Waals surface area contributed by atoms with Gasteiger partial charge in [0.25, 0.3) is 0 Å². The number of sulfone groups is 1. The quantitative estimate of drug-likeness (QED) is 0.703. The average molecular weight is 371 g/mol. The molecule has 1 saturated heterocycles. The molecule has 2 aliphatic rings. The zero-order chi connectivity index (χ0) is 17.0. The van der Waals surface area contributed by atoms with Crippen molar-refractivity contribution in [3.63, 3.8) is 0 Å². The summed E-state index contributed by atoms with van der Waals surface area (Å²) in [6.07, 6.45) is 3.33. The smallest absolute Gasteiger partial charge is 0.183 e. The Kier molecular flexibility index (Phi) is 3.42. The SMILES string of the molecule is O=S1(=O)c2ccc(-c3ccoc3)cc2[C@@H]2CN(Cc3ccsc3)C[C@@H]21. The lowest BCUT2D eigenvalue weighted by Gasteiger charge is -2.16. The summed E-state index contributed by atoms with van der Waals surface area (Å²) in [6, 6.07) is 9.70. The van der Waals surface area contributed by atoms with Gasteiger partial charge in [0.15, 0.2) is 9.84 Å². The molecule has 0 saturated carbocycles. The molecule has 0 spiro atoms. The Morgan fingerprint density at radius 1 is 1.16 bits per heavy atom. The van der Waals surface area contributed by atoms with Crippen molar-refractivity contribution >= 4 is 21.2 Å². The summed E-state index contributed by atoms with van der Waals surface area (Å²) in [5.41, 5.74) is 4.22. The maximum atomic E-state index is 13.0. The number of fused-ring (bicyclic) bond motifs is 3. The molecule has 0 radical (unpaired) electrons. The van der Waals surface area contributed by atoms with Crippen LogP contribution in [0.4, 0.5) is 0 Å². The number of thiophene rings is 1. The van der Waals surface area contributed by atoms with Gasteiger partial charge < -0.3 is 4.42 Å². The Balaban J connectivity index is 1.51. The Morgan fingerprint density at radius 3 is 2.84 bits per heavy atom. The van der Waals surface area contributed by atoms with Gasteiger partial charge in [-0.25, -0.2) is 8.42 Å². The number of hydrogen-bond acceptors (Lipinski definition) is 5. The van der Waals surface area contributed by atoms with E-state index >= 15 is 0 Å². The van der Waals surface area contributed by atoms with Crippen LogP contribution in [0.2, 0.25) is 0 Å². The van der Waals surface area contributed by atoms with Gasteiger partial charge in [0.2, 0.25) is 0 Å². The van der Waals surface area contributed by atoms with Crippen LogP contribution in [0.15, 0.2) is 62.9 Å². The van der Waals surface area contributed by atoms with E-state index in [2.05, 4.69) is 21.7 Å². The van der Waals surface area contributed by atoms with Crippen molar-refractivity contribution in [1.29, 1.82) is 0 Å². The van der Waals surface area contributed by atoms with E-state index in [4.69, 9.17) is 4.42 Å². The third kappa shape index (κ3) is 2.39. The van der Waals surface area contributed by atoms with Crippen molar-refractivity contribution in [3.05, 3.63) is 64.7 Å². The summed E-state index contributed by atoms with van der Waals surface area (Å²) in [4.78, 5) is 2.78. The molecule has 25 heavy (non-hydrogen) atoms. The molecule has 5 rings (SSSR count). The minimum Gasteiger partial charge on any atom is -0.472 e. The third-order valence-electron chi connectivity index (χ3n) is 5.30. The Bertz CT molecular complexity index is 1010. The van der Waals surface area contributed by atoms with Crippen molar-refractivity contribution < 1.29 is 12.8 Å². The van der Waals surface area contributed by atoms with Crippen LogP contribution in [-0.2, 0) is 16.4 Å². The van der Waals surface area contributed by atoms with E-state index in [9.17, 15) is 8.42 Å². The Labute approximate surface area is 150 Å². The lowest BCUT2D eigenvalue weighted by atomic mass is 9.95. The molecule has 2 atom stereocenters. The second-order valence-corrected chi connectivity index (χ2v) is 9.70. The molecule has 3 aromatic rings. The van der Waals surface area contributed by atoms with Gasteiger partial charge in [-0.05, 0) is 51.7 Å². The molecular formula is C19H17NO3S2. The number of furan rings is 1. The van der Waals surface area contributed by atoms with E-state index in [1.54, 1.807) is 29.9 Å². The van der Waals surface area contributed by atoms with Crippen LogP contribution in [0.3, 0.4) is 0 Å². The lowest BCUT2D eigenvalue weighted by Crippen LogP contribution is -2.25. The van der Waals surface area contributed by atoms with Crippen molar-refractivity contribution in [1.82, 2.24) is 4.90 Å². The summed E-state index contributed by atoms with van der Waals surface area (Å²) in [7, 11) is -3.24. The van der Waals surface area contributed by atoms with Crippen LogP contribution in [0.25, 0.3) is 11.1 Å². The number of benzene rings is 1. The third-order valence-corrected chi connectivity index (χ3v) is 8.29. The highest BCUT2D eigenvalue weighted by Crippen LogP contribution is 2.46. The summed E-state index contributed by atoms with van der Waals surface area (Å²) >= 11 is 1.68. The molecule has 1 aromatic carbocycles. The van der Waals surface area contributed by atoms with E-state index in [-0.39, 0.29) is 11.2 Å². The minimum atomic E-state index is -3.24. The van der Waals surface area contributed by atoms with Gasteiger partial charge in [0.1, 0.15) is 0 Å². The van der Waals surface area contributed by atoms with Gasteiger partial charge >= 0.3 is 0 Å². The molecule has 4 nitrogen and oxygen atoms in total. The molecule has 6 heteroatoms. The first kappa shape index (κ1) is 15.4. The highest BCUT2D eigenvalue weighted by atomic mass is 32.2. The van der Waals surface area contributed by atoms with E-state index in [0.717, 1.165) is 29.8 Å². The van der Waals surface area contributed by atoms with Gasteiger partial charge in [0.05, 0.1) is 22.7 Å². The minimum absolute atomic E-state index is 0.0606. The molecular weight excluding hydrogens is 354 g/mol. The van der Waals surface area contributed by atoms with Gasteiger partial charge in [-0.1, -0.05) is 6.07 Å². The van der Waals surface area contributed by atoms with Gasteiger partial charge in [-0.2, -0.15) is 11.3 Å². The zero-order valence-corrected chi connectivity index (χ0v) is 15.1. The fourth-order valence-corrected chi connectivity index (χ4v) is 6.96. The van der Waals surface area contributed by atoms with Crippen LogP contribution in [0, 0.1) is 0 Å². The number of nitrogens with zero attached hydrogens (tertiary/aromatic N) is 1. The van der Waals surface area contributed by atoms with Crippen LogP contribution < -0.4 is 0 Å². The van der Waals surface area contributed by atoms with E-state index in [1.165, 1.54) is 5.56 Å². The first-order valence-corrected chi connectivity index (χ1v) is 10.8. The van der Waals surface area contributed by atoms with Crippen LogP contribution in [0.1, 0.15) is 17.0 Å². The van der Waals surface area contributed by atoms with Crippen LogP contribution >= 0.6 is 11.3 Å². The lowest BCUT2D eigenvalue weighted by molar-refractivity contribution is 0.326. The normalized spacial score (nSPS) is 24.3. The predicted molar refractivity (Wildman–Crippen MR) is 97.5 cm³/mol. The molecule has 0 N–H and O–H groups in total. The second kappa shape index (κ2) is 5.56. The van der Waals surface area contributed by atoms with E-state index in [1.807, 2.05) is 18.2 Å². The van der Waals surface area contributed by atoms with Gasteiger partial charge in [0, 0.05) is 31.1 Å². The molecule has 0 aliphatic carbocycles. The monoisotopic (exact) mass is 371 g/mol. The molecule has 2 aliphatic heterocycles. The van der Waals surface area contributed by atoms with Gasteiger partial charge in [-0.15, -0.1) is 0 Å². The largest absolute Gasteiger partial charge is 0.472 e.